The fourth-order valence-corrected chi connectivity index (χ4v) is 5.83. The highest BCUT2D eigenvalue weighted by atomic mass is 16.5. The molecule has 0 atom stereocenters. The summed E-state index contributed by atoms with van der Waals surface area (Å²) in [7, 11) is 0. The van der Waals surface area contributed by atoms with Gasteiger partial charge in [0, 0.05) is 22.0 Å². The van der Waals surface area contributed by atoms with Crippen LogP contribution in [0.15, 0.2) is 24.3 Å². The number of carbonyl (C=O) groups is 2. The van der Waals surface area contributed by atoms with Crippen LogP contribution >= 0.6 is 0 Å². The van der Waals surface area contributed by atoms with Crippen LogP contribution < -0.4 is 0 Å². The second kappa shape index (κ2) is 13.2. The Morgan fingerprint density at radius 2 is 0.812 bits per heavy atom. The van der Waals surface area contributed by atoms with E-state index < -0.39 is 0 Å². The molecule has 2 aliphatic rings. The Morgan fingerprint density at radius 1 is 0.562 bits per heavy atom. The molecule has 0 spiro atoms. The lowest BCUT2D eigenvalue weighted by Gasteiger charge is -2.51. The SMILES string of the molecule is C=C(C)C(=O)OCC1(C2(COC(=O)C(=C)C)CCCCCCCC2)CCCCCCCC1. The van der Waals surface area contributed by atoms with Crippen LogP contribution in [0.3, 0.4) is 0 Å². The lowest BCUT2D eigenvalue weighted by molar-refractivity contribution is -0.162. The maximum Gasteiger partial charge on any atom is 0.333 e. The Labute approximate surface area is 196 Å². The molecule has 32 heavy (non-hydrogen) atoms. The number of hydrogen-bond acceptors (Lipinski definition) is 4. The molecule has 0 radical (unpaired) electrons. The standard InChI is InChI=1S/C28H46O4/c1-23(2)25(29)31-21-27(17-13-9-5-6-10-14-18-27)28(22-32-26(30)24(3)4)19-15-11-7-8-12-16-20-28/h1,3,5-22H2,2,4H3. The second-order valence-corrected chi connectivity index (χ2v) is 10.5. The minimum atomic E-state index is -0.304. The average Bonchev–Trinajstić information content (AvgIpc) is 2.97. The zero-order valence-corrected chi connectivity index (χ0v) is 20.8. The first-order chi connectivity index (χ1) is 15.3. The number of esters is 2. The highest BCUT2D eigenvalue weighted by molar-refractivity contribution is 5.87. The van der Waals surface area contributed by atoms with E-state index >= 15 is 0 Å². The number of hydrogen-bond donors (Lipinski definition) is 0. The number of carbonyl (C=O) groups excluding carboxylic acids is 2. The van der Waals surface area contributed by atoms with Gasteiger partial charge in [0.2, 0.25) is 0 Å². The van der Waals surface area contributed by atoms with Crippen LogP contribution in [0.4, 0.5) is 0 Å². The molecule has 0 bridgehead atoms. The summed E-state index contributed by atoms with van der Waals surface area (Å²) in [5, 5.41) is 0. The monoisotopic (exact) mass is 446 g/mol. The summed E-state index contributed by atoms with van der Waals surface area (Å²) in [6, 6.07) is 0. The van der Waals surface area contributed by atoms with Gasteiger partial charge in [-0.1, -0.05) is 90.2 Å². The molecule has 182 valence electrons. The summed E-state index contributed by atoms with van der Waals surface area (Å²) < 4.78 is 11.8. The summed E-state index contributed by atoms with van der Waals surface area (Å²) in [6.07, 6.45) is 18.7. The van der Waals surface area contributed by atoms with Crippen LogP contribution in [0.1, 0.15) is 117 Å². The van der Waals surface area contributed by atoms with E-state index in [1.807, 2.05) is 0 Å². The maximum atomic E-state index is 12.5. The summed E-state index contributed by atoms with van der Waals surface area (Å²) in [5.41, 5.74) is 0.561. The molecule has 4 heteroatoms. The molecule has 0 aromatic rings. The van der Waals surface area contributed by atoms with E-state index in [4.69, 9.17) is 9.47 Å². The number of ether oxygens (including phenoxy) is 2. The van der Waals surface area contributed by atoms with Gasteiger partial charge in [-0.15, -0.1) is 0 Å². The van der Waals surface area contributed by atoms with E-state index in [1.54, 1.807) is 13.8 Å². The summed E-state index contributed by atoms with van der Waals surface area (Å²) in [6.45, 7) is 11.8. The van der Waals surface area contributed by atoms with Crippen molar-refractivity contribution in [2.24, 2.45) is 10.8 Å². The molecule has 0 heterocycles. The lowest BCUT2D eigenvalue weighted by Crippen LogP contribution is -2.49. The summed E-state index contributed by atoms with van der Waals surface area (Å²) in [4.78, 5) is 24.9. The van der Waals surface area contributed by atoms with Gasteiger partial charge in [0.25, 0.3) is 0 Å². The van der Waals surface area contributed by atoms with Crippen LogP contribution in [0.2, 0.25) is 0 Å². The van der Waals surface area contributed by atoms with Crippen molar-refractivity contribution in [1.29, 1.82) is 0 Å². The van der Waals surface area contributed by atoms with Gasteiger partial charge in [-0.3, -0.25) is 0 Å². The molecule has 2 aliphatic carbocycles. The quantitative estimate of drug-likeness (QED) is 0.301. The van der Waals surface area contributed by atoms with Crippen molar-refractivity contribution in [3.8, 4) is 0 Å². The van der Waals surface area contributed by atoms with Crippen LogP contribution in [-0.2, 0) is 19.1 Å². The third-order valence-electron chi connectivity index (χ3n) is 7.90. The molecule has 0 aromatic heterocycles. The van der Waals surface area contributed by atoms with Gasteiger partial charge in [0.1, 0.15) is 0 Å². The van der Waals surface area contributed by atoms with Crippen LogP contribution in [0.25, 0.3) is 0 Å². The van der Waals surface area contributed by atoms with Gasteiger partial charge in [-0.25, -0.2) is 9.59 Å². The Balaban J connectivity index is 2.44. The Bertz CT molecular complexity index is 572. The minimum absolute atomic E-state index is 0.165. The first-order valence-corrected chi connectivity index (χ1v) is 13.0. The van der Waals surface area contributed by atoms with Gasteiger partial charge in [0.15, 0.2) is 0 Å². The fraction of sp³-hybridized carbons (Fsp3) is 0.786. The van der Waals surface area contributed by atoms with Crippen molar-refractivity contribution in [3.05, 3.63) is 24.3 Å². The highest BCUT2D eigenvalue weighted by Crippen LogP contribution is 2.55. The molecule has 2 rings (SSSR count). The van der Waals surface area contributed by atoms with E-state index in [0.717, 1.165) is 51.4 Å². The van der Waals surface area contributed by atoms with Crippen LogP contribution in [0.5, 0.6) is 0 Å². The molecule has 2 fully saturated rings. The summed E-state index contributed by atoms with van der Waals surface area (Å²) in [5.74, 6) is -0.609. The van der Waals surface area contributed by atoms with Gasteiger partial charge in [-0.2, -0.15) is 0 Å². The van der Waals surface area contributed by atoms with Crippen LogP contribution in [-0.4, -0.2) is 25.2 Å². The van der Waals surface area contributed by atoms with Crippen LogP contribution in [0, 0.1) is 10.8 Å². The molecule has 0 aliphatic heterocycles. The predicted octanol–water partition coefficient (Wildman–Crippen LogP) is 7.47. The largest absolute Gasteiger partial charge is 0.462 e. The molecule has 4 nitrogen and oxygen atoms in total. The smallest absolute Gasteiger partial charge is 0.333 e. The van der Waals surface area contributed by atoms with Crippen molar-refractivity contribution in [1.82, 2.24) is 0 Å². The van der Waals surface area contributed by atoms with Gasteiger partial charge < -0.3 is 9.47 Å². The first-order valence-electron chi connectivity index (χ1n) is 13.0. The highest BCUT2D eigenvalue weighted by Gasteiger charge is 2.51. The molecular formula is C28H46O4. The molecule has 0 unspecified atom stereocenters. The minimum Gasteiger partial charge on any atom is -0.462 e. The molecular weight excluding hydrogens is 400 g/mol. The third-order valence-corrected chi connectivity index (χ3v) is 7.90. The molecule has 0 saturated heterocycles. The Kier molecular flexibility index (Phi) is 11.0. The van der Waals surface area contributed by atoms with Gasteiger partial charge >= 0.3 is 11.9 Å². The Hall–Kier alpha value is -1.58. The van der Waals surface area contributed by atoms with E-state index in [-0.39, 0.29) is 22.8 Å². The van der Waals surface area contributed by atoms with Crippen molar-refractivity contribution >= 4 is 11.9 Å². The first kappa shape index (κ1) is 26.7. The summed E-state index contributed by atoms with van der Waals surface area (Å²) >= 11 is 0. The normalized spacial score (nSPS) is 21.9. The van der Waals surface area contributed by atoms with E-state index in [0.29, 0.717) is 24.4 Å². The molecule has 0 amide bonds. The molecule has 0 aromatic carbocycles. The number of rotatable bonds is 7. The van der Waals surface area contributed by atoms with Crippen molar-refractivity contribution in [3.63, 3.8) is 0 Å². The predicted molar refractivity (Wildman–Crippen MR) is 130 cm³/mol. The van der Waals surface area contributed by atoms with Gasteiger partial charge in [-0.05, 0) is 39.5 Å². The Morgan fingerprint density at radius 3 is 1.06 bits per heavy atom. The van der Waals surface area contributed by atoms with Crippen molar-refractivity contribution in [2.45, 2.75) is 117 Å². The molecule has 0 N–H and O–H groups in total. The van der Waals surface area contributed by atoms with E-state index in [2.05, 4.69) is 13.2 Å². The zero-order valence-electron chi connectivity index (χ0n) is 20.8. The van der Waals surface area contributed by atoms with E-state index in [9.17, 15) is 9.59 Å². The maximum absolute atomic E-state index is 12.5. The van der Waals surface area contributed by atoms with Crippen molar-refractivity contribution < 1.29 is 19.1 Å². The average molecular weight is 447 g/mol. The topological polar surface area (TPSA) is 52.6 Å². The zero-order chi connectivity index (χ0) is 23.5. The lowest BCUT2D eigenvalue weighted by atomic mass is 9.55. The fourth-order valence-electron chi connectivity index (χ4n) is 5.83. The molecule has 2 saturated carbocycles. The third kappa shape index (κ3) is 7.49. The van der Waals surface area contributed by atoms with Crippen molar-refractivity contribution in [2.75, 3.05) is 13.2 Å². The van der Waals surface area contributed by atoms with Gasteiger partial charge in [0.05, 0.1) is 13.2 Å². The second-order valence-electron chi connectivity index (χ2n) is 10.5. The van der Waals surface area contributed by atoms with E-state index in [1.165, 1.54) is 51.4 Å².